The Hall–Kier alpha value is -2.17. The highest BCUT2D eigenvalue weighted by Gasteiger charge is 2.23. The number of nitrogens with zero attached hydrogens (tertiary/aromatic N) is 5. The van der Waals surface area contributed by atoms with Crippen LogP contribution in [0.25, 0.3) is 0 Å². The van der Waals surface area contributed by atoms with Crippen LogP contribution in [0.3, 0.4) is 0 Å². The molecular weight excluding hydrogens is 488 g/mol. The smallest absolute Gasteiger partial charge is 0.322 e. The lowest BCUT2D eigenvalue weighted by Gasteiger charge is -2.33. The second-order valence-electron chi connectivity index (χ2n) is 8.51. The van der Waals surface area contributed by atoms with E-state index in [0.29, 0.717) is 53.7 Å². The molecule has 0 radical (unpaired) electrons. The number of ether oxygens (including phenoxy) is 3. The van der Waals surface area contributed by atoms with Crippen LogP contribution >= 0.6 is 23.4 Å². The van der Waals surface area contributed by atoms with Crippen LogP contribution < -0.4 is 24.4 Å². The number of anilines is 2. The molecule has 35 heavy (non-hydrogen) atoms. The summed E-state index contributed by atoms with van der Waals surface area (Å²) >= 11 is 8.42. The molecule has 2 fully saturated rings. The first kappa shape index (κ1) is 25.9. The molecule has 2 aliphatic heterocycles. The fourth-order valence-corrected chi connectivity index (χ4v) is 5.44. The predicted molar refractivity (Wildman–Crippen MR) is 142 cm³/mol. The monoisotopic (exact) mass is 522 g/mol. The number of hydrogen-bond acceptors (Lipinski definition) is 10. The van der Waals surface area contributed by atoms with Gasteiger partial charge < -0.3 is 24.4 Å². The quantitative estimate of drug-likeness (QED) is 0.494. The Balaban J connectivity index is 1.36. The van der Waals surface area contributed by atoms with Gasteiger partial charge in [-0.3, -0.25) is 4.90 Å². The Morgan fingerprint density at radius 3 is 2.26 bits per heavy atom. The molecule has 2 aliphatic rings. The molecular formula is C24H35ClN6O3S. The first-order valence-corrected chi connectivity index (χ1v) is 13.8. The van der Waals surface area contributed by atoms with E-state index in [1.165, 1.54) is 0 Å². The molecule has 3 heterocycles. The van der Waals surface area contributed by atoms with Gasteiger partial charge in [0.15, 0.2) is 0 Å². The number of thioether (sulfide) groups is 1. The average Bonchev–Trinajstić information content (AvgIpc) is 2.88. The third-order valence-corrected chi connectivity index (χ3v) is 7.39. The molecule has 192 valence electrons. The van der Waals surface area contributed by atoms with Crippen molar-refractivity contribution in [2.75, 3.05) is 68.2 Å². The predicted octanol–water partition coefficient (Wildman–Crippen LogP) is 3.96. The zero-order chi connectivity index (χ0) is 24.6. The van der Waals surface area contributed by atoms with E-state index >= 15 is 0 Å². The number of piperidine rings is 1. The molecule has 0 saturated carbocycles. The SMILES string of the molecule is CCOc1cc(CN2CCC(Nc3nc(OC)nc(N4CCSCC4)n3)CC2)cc(OCC)c1Cl. The number of benzene rings is 1. The van der Waals surface area contributed by atoms with Gasteiger partial charge in [0.1, 0.15) is 16.5 Å². The molecule has 9 nitrogen and oxygen atoms in total. The number of hydrogen-bond donors (Lipinski definition) is 1. The number of aromatic nitrogens is 3. The summed E-state index contributed by atoms with van der Waals surface area (Å²) in [5.41, 5.74) is 1.14. The number of likely N-dealkylation sites (tertiary alicyclic amines) is 1. The molecule has 0 amide bonds. The van der Waals surface area contributed by atoms with Gasteiger partial charge >= 0.3 is 6.01 Å². The van der Waals surface area contributed by atoms with Gasteiger partial charge in [0.05, 0.1) is 20.3 Å². The third kappa shape index (κ3) is 6.95. The van der Waals surface area contributed by atoms with E-state index in [2.05, 4.69) is 25.1 Å². The first-order valence-electron chi connectivity index (χ1n) is 12.3. The molecule has 1 aromatic heterocycles. The van der Waals surface area contributed by atoms with Crippen molar-refractivity contribution in [3.63, 3.8) is 0 Å². The molecule has 2 saturated heterocycles. The summed E-state index contributed by atoms with van der Waals surface area (Å²) in [6, 6.07) is 4.70. The second-order valence-corrected chi connectivity index (χ2v) is 10.1. The summed E-state index contributed by atoms with van der Waals surface area (Å²) in [6.45, 7) is 9.67. The minimum Gasteiger partial charge on any atom is -0.492 e. The summed E-state index contributed by atoms with van der Waals surface area (Å²) in [5.74, 6) is 4.80. The van der Waals surface area contributed by atoms with Crippen molar-refractivity contribution < 1.29 is 14.2 Å². The Morgan fingerprint density at radius 2 is 1.66 bits per heavy atom. The minimum atomic E-state index is 0.298. The van der Waals surface area contributed by atoms with Gasteiger partial charge in [-0.1, -0.05) is 11.6 Å². The van der Waals surface area contributed by atoms with Crippen LogP contribution in [0.15, 0.2) is 12.1 Å². The molecule has 1 aromatic carbocycles. The van der Waals surface area contributed by atoms with Crippen LogP contribution in [0.1, 0.15) is 32.3 Å². The number of methoxy groups -OCH3 is 1. The first-order chi connectivity index (χ1) is 17.1. The molecule has 0 aliphatic carbocycles. The molecule has 11 heteroatoms. The summed E-state index contributed by atoms with van der Waals surface area (Å²) in [7, 11) is 1.60. The number of halogens is 1. The highest BCUT2D eigenvalue weighted by Crippen LogP contribution is 2.36. The van der Waals surface area contributed by atoms with E-state index in [1.54, 1.807) is 7.11 Å². The van der Waals surface area contributed by atoms with Crippen LogP contribution in [0, 0.1) is 0 Å². The Morgan fingerprint density at radius 1 is 1.00 bits per heavy atom. The van der Waals surface area contributed by atoms with E-state index in [9.17, 15) is 0 Å². The lowest BCUT2D eigenvalue weighted by atomic mass is 10.0. The Kier molecular flexibility index (Phi) is 9.39. The van der Waals surface area contributed by atoms with E-state index in [4.69, 9.17) is 30.8 Å². The van der Waals surface area contributed by atoms with Crippen LogP contribution in [0.4, 0.5) is 11.9 Å². The summed E-state index contributed by atoms with van der Waals surface area (Å²) in [6.07, 6.45) is 1.99. The van der Waals surface area contributed by atoms with Gasteiger partial charge in [-0.25, -0.2) is 0 Å². The van der Waals surface area contributed by atoms with Gasteiger partial charge in [0.25, 0.3) is 0 Å². The Bertz CT molecular complexity index is 943. The topological polar surface area (TPSA) is 84.9 Å². The minimum absolute atomic E-state index is 0.298. The fourth-order valence-electron chi connectivity index (χ4n) is 4.32. The van der Waals surface area contributed by atoms with Gasteiger partial charge in [-0.15, -0.1) is 0 Å². The van der Waals surface area contributed by atoms with Crippen molar-refractivity contribution in [3.05, 3.63) is 22.7 Å². The highest BCUT2D eigenvalue weighted by atomic mass is 35.5. The maximum Gasteiger partial charge on any atom is 0.322 e. The van der Waals surface area contributed by atoms with Crippen molar-refractivity contribution in [1.82, 2.24) is 19.9 Å². The maximum atomic E-state index is 6.46. The number of nitrogens with one attached hydrogen (secondary N) is 1. The van der Waals surface area contributed by atoms with Crippen LogP contribution in [0.2, 0.25) is 5.02 Å². The van der Waals surface area contributed by atoms with Crippen LogP contribution in [-0.2, 0) is 6.54 Å². The third-order valence-electron chi connectivity index (χ3n) is 6.07. The largest absolute Gasteiger partial charge is 0.492 e. The molecule has 0 atom stereocenters. The zero-order valence-electron chi connectivity index (χ0n) is 20.8. The standard InChI is InChI=1S/C24H35ClN6O3S/c1-4-33-19-14-17(15-20(21(19)25)34-5-2)16-30-8-6-18(7-9-30)26-22-27-23(29-24(28-22)32-3)31-10-12-35-13-11-31/h14-15,18H,4-13,16H2,1-3H3,(H,26,27,28,29). The lowest BCUT2D eigenvalue weighted by molar-refractivity contribution is 0.210. The van der Waals surface area contributed by atoms with Crippen LogP contribution in [-0.4, -0.2) is 83.9 Å². The van der Waals surface area contributed by atoms with E-state index in [-0.39, 0.29) is 0 Å². The van der Waals surface area contributed by atoms with Gasteiger partial charge in [0, 0.05) is 50.3 Å². The normalized spacial score (nSPS) is 17.3. The van der Waals surface area contributed by atoms with Crippen molar-refractivity contribution >= 4 is 35.3 Å². The van der Waals surface area contributed by atoms with Crippen LogP contribution in [0.5, 0.6) is 17.5 Å². The van der Waals surface area contributed by atoms with Crippen molar-refractivity contribution in [3.8, 4) is 17.5 Å². The van der Waals surface area contributed by atoms with E-state index in [0.717, 1.165) is 62.6 Å². The molecule has 4 rings (SSSR count). The molecule has 2 aromatic rings. The Labute approximate surface area is 216 Å². The summed E-state index contributed by atoms with van der Waals surface area (Å²) in [4.78, 5) is 18.3. The lowest BCUT2D eigenvalue weighted by Crippen LogP contribution is -2.39. The van der Waals surface area contributed by atoms with Crippen molar-refractivity contribution in [1.29, 1.82) is 0 Å². The summed E-state index contributed by atoms with van der Waals surface area (Å²) in [5, 5.41) is 4.06. The van der Waals surface area contributed by atoms with Crippen molar-refractivity contribution in [2.24, 2.45) is 0 Å². The zero-order valence-corrected chi connectivity index (χ0v) is 22.3. The fraction of sp³-hybridized carbons (Fsp3) is 0.625. The van der Waals surface area contributed by atoms with E-state index < -0.39 is 0 Å². The average molecular weight is 523 g/mol. The highest BCUT2D eigenvalue weighted by molar-refractivity contribution is 7.99. The van der Waals surface area contributed by atoms with E-state index in [1.807, 2.05) is 37.7 Å². The molecule has 0 unspecified atom stereocenters. The maximum absolute atomic E-state index is 6.46. The number of rotatable bonds is 10. The van der Waals surface area contributed by atoms with Crippen molar-refractivity contribution in [2.45, 2.75) is 39.3 Å². The molecule has 0 bridgehead atoms. The molecule has 0 spiro atoms. The summed E-state index contributed by atoms with van der Waals surface area (Å²) < 4.78 is 16.8. The molecule has 1 N–H and O–H groups in total. The van der Waals surface area contributed by atoms with Gasteiger partial charge in [0.2, 0.25) is 11.9 Å². The van der Waals surface area contributed by atoms with Gasteiger partial charge in [-0.2, -0.15) is 26.7 Å². The second kappa shape index (κ2) is 12.7. The van der Waals surface area contributed by atoms with Gasteiger partial charge in [-0.05, 0) is 44.4 Å².